The van der Waals surface area contributed by atoms with Crippen LogP contribution < -0.4 is 5.32 Å². The van der Waals surface area contributed by atoms with Gasteiger partial charge >= 0.3 is 0 Å². The van der Waals surface area contributed by atoms with E-state index in [1.165, 1.54) is 5.56 Å². The third kappa shape index (κ3) is 4.78. The predicted octanol–water partition coefficient (Wildman–Crippen LogP) is 1.24. The molecular weight excluding hydrogens is 276 g/mol. The highest BCUT2D eigenvalue weighted by Crippen LogP contribution is 2.20. The zero-order valence-corrected chi connectivity index (χ0v) is 14.2. The number of piperazine rings is 1. The molecule has 1 saturated heterocycles. The van der Waals surface area contributed by atoms with Crippen molar-refractivity contribution in [2.45, 2.75) is 32.7 Å². The molecule has 0 bridgehead atoms. The Morgan fingerprint density at radius 2 is 1.82 bits per heavy atom. The molecule has 0 unspecified atom stereocenters. The van der Waals surface area contributed by atoms with Crippen LogP contribution in [0.1, 0.15) is 32.0 Å². The second-order valence-electron chi connectivity index (χ2n) is 7.03. The number of hydrogen-bond acceptors (Lipinski definition) is 4. The van der Waals surface area contributed by atoms with Crippen molar-refractivity contribution in [3.63, 3.8) is 0 Å². The maximum Gasteiger partial charge on any atom is 0.233 e. The molecule has 1 aromatic rings. The topological polar surface area (TPSA) is 48.5 Å². The Morgan fingerprint density at radius 3 is 2.32 bits per heavy atom. The fraction of sp³-hybridized carbons (Fsp3) is 0.647. The highest BCUT2D eigenvalue weighted by Gasteiger charge is 2.19. The van der Waals surface area contributed by atoms with Gasteiger partial charge < -0.3 is 5.32 Å². The van der Waals surface area contributed by atoms with Gasteiger partial charge in [-0.1, -0.05) is 26.8 Å². The molecule has 2 heterocycles. The number of rotatable bonds is 4. The van der Waals surface area contributed by atoms with Crippen LogP contribution in [0, 0.1) is 0 Å². The number of aromatic nitrogens is 1. The summed E-state index contributed by atoms with van der Waals surface area (Å²) in [6, 6.07) is 4.32. The quantitative estimate of drug-likeness (QED) is 0.909. The Kier molecular flexibility index (Phi) is 5.53. The minimum absolute atomic E-state index is 0.0930. The first-order valence-corrected chi connectivity index (χ1v) is 7.99. The molecule has 2 rings (SSSR count). The summed E-state index contributed by atoms with van der Waals surface area (Å²) >= 11 is 0. The summed E-state index contributed by atoms with van der Waals surface area (Å²) in [6.07, 6.45) is 2.00. The van der Waals surface area contributed by atoms with Crippen molar-refractivity contribution < 1.29 is 4.79 Å². The van der Waals surface area contributed by atoms with E-state index in [1.54, 1.807) is 7.05 Å². The van der Waals surface area contributed by atoms with E-state index < -0.39 is 0 Å². The van der Waals surface area contributed by atoms with Gasteiger partial charge in [-0.15, -0.1) is 0 Å². The summed E-state index contributed by atoms with van der Waals surface area (Å²) in [5.41, 5.74) is 2.49. The number of carbonyl (C=O) groups is 1. The minimum atomic E-state index is 0.0930. The Morgan fingerprint density at radius 1 is 1.18 bits per heavy atom. The first kappa shape index (κ1) is 16.9. The molecule has 1 fully saturated rings. The molecule has 0 spiro atoms. The molecule has 1 aliphatic rings. The predicted molar refractivity (Wildman–Crippen MR) is 88.7 cm³/mol. The minimum Gasteiger partial charge on any atom is -0.358 e. The lowest BCUT2D eigenvalue weighted by molar-refractivity contribution is -0.122. The fourth-order valence-electron chi connectivity index (χ4n) is 2.61. The van der Waals surface area contributed by atoms with E-state index in [-0.39, 0.29) is 11.3 Å². The van der Waals surface area contributed by atoms with E-state index in [0.717, 1.165) is 38.4 Å². The second-order valence-corrected chi connectivity index (χ2v) is 7.03. The lowest BCUT2D eigenvalue weighted by Crippen LogP contribution is -2.48. The lowest BCUT2D eigenvalue weighted by atomic mass is 9.91. The molecule has 22 heavy (non-hydrogen) atoms. The third-order valence-electron chi connectivity index (χ3n) is 4.11. The van der Waals surface area contributed by atoms with Crippen molar-refractivity contribution >= 4 is 5.91 Å². The standard InChI is InChI=1S/C17H28N4O/c1-17(2,3)15-6-5-14(11-19-15)12-20-7-9-21(10-8-20)13-16(22)18-4/h5-6,11H,7-10,12-13H2,1-4H3,(H,18,22). The molecule has 0 aromatic carbocycles. The molecule has 5 heteroatoms. The average Bonchev–Trinajstić information content (AvgIpc) is 2.49. The van der Waals surface area contributed by atoms with Crippen molar-refractivity contribution in [2.24, 2.45) is 0 Å². The van der Waals surface area contributed by atoms with Gasteiger partial charge in [-0.05, 0) is 11.6 Å². The summed E-state index contributed by atoms with van der Waals surface area (Å²) in [4.78, 5) is 20.6. The van der Waals surface area contributed by atoms with Crippen molar-refractivity contribution in [1.82, 2.24) is 20.1 Å². The first-order valence-electron chi connectivity index (χ1n) is 7.99. The first-order chi connectivity index (χ1) is 10.4. The molecule has 1 aliphatic heterocycles. The zero-order valence-electron chi connectivity index (χ0n) is 14.2. The molecule has 0 aliphatic carbocycles. The normalized spacial score (nSPS) is 17.5. The highest BCUT2D eigenvalue weighted by atomic mass is 16.1. The van der Waals surface area contributed by atoms with Crippen LogP contribution in [0.4, 0.5) is 0 Å². The number of hydrogen-bond donors (Lipinski definition) is 1. The Bertz CT molecular complexity index is 484. The van der Waals surface area contributed by atoms with Gasteiger partial charge in [0.15, 0.2) is 0 Å². The SMILES string of the molecule is CNC(=O)CN1CCN(Cc2ccc(C(C)(C)C)nc2)CC1. The Labute approximate surface area is 133 Å². The molecule has 0 radical (unpaired) electrons. The van der Waals surface area contributed by atoms with E-state index in [4.69, 9.17) is 0 Å². The maximum atomic E-state index is 11.4. The van der Waals surface area contributed by atoms with Crippen molar-refractivity contribution in [1.29, 1.82) is 0 Å². The van der Waals surface area contributed by atoms with Gasteiger partial charge in [-0.2, -0.15) is 0 Å². The molecule has 5 nitrogen and oxygen atoms in total. The Balaban J connectivity index is 1.82. The molecule has 1 amide bonds. The van der Waals surface area contributed by atoms with Gasteiger partial charge in [0.25, 0.3) is 0 Å². The molecule has 1 aromatic heterocycles. The molecular formula is C17H28N4O. The summed E-state index contributed by atoms with van der Waals surface area (Å²) < 4.78 is 0. The van der Waals surface area contributed by atoms with Gasteiger partial charge in [-0.25, -0.2) is 0 Å². The lowest BCUT2D eigenvalue weighted by Gasteiger charge is -2.34. The summed E-state index contributed by atoms with van der Waals surface area (Å²) in [5, 5.41) is 2.68. The van der Waals surface area contributed by atoms with Gasteiger partial charge in [0.05, 0.1) is 6.54 Å². The van der Waals surface area contributed by atoms with Crippen LogP contribution in [-0.2, 0) is 16.8 Å². The summed E-state index contributed by atoms with van der Waals surface area (Å²) in [5.74, 6) is 0.0930. The van der Waals surface area contributed by atoms with Crippen LogP contribution in [0.15, 0.2) is 18.3 Å². The van der Waals surface area contributed by atoms with Gasteiger partial charge in [0, 0.05) is 57.1 Å². The van der Waals surface area contributed by atoms with E-state index >= 15 is 0 Å². The Hall–Kier alpha value is -1.46. The summed E-state index contributed by atoms with van der Waals surface area (Å²) in [6.45, 7) is 11.9. The van der Waals surface area contributed by atoms with Crippen LogP contribution in [0.3, 0.4) is 0 Å². The smallest absolute Gasteiger partial charge is 0.233 e. The largest absolute Gasteiger partial charge is 0.358 e. The number of nitrogens with zero attached hydrogens (tertiary/aromatic N) is 3. The van der Waals surface area contributed by atoms with Gasteiger partial charge in [0.1, 0.15) is 0 Å². The van der Waals surface area contributed by atoms with Crippen molar-refractivity contribution in [3.05, 3.63) is 29.6 Å². The summed E-state index contributed by atoms with van der Waals surface area (Å²) in [7, 11) is 1.69. The van der Waals surface area contributed by atoms with Gasteiger partial charge in [-0.3, -0.25) is 19.6 Å². The van der Waals surface area contributed by atoms with Crippen LogP contribution in [-0.4, -0.2) is 60.5 Å². The van der Waals surface area contributed by atoms with Crippen LogP contribution in [0.25, 0.3) is 0 Å². The fourth-order valence-corrected chi connectivity index (χ4v) is 2.61. The van der Waals surface area contributed by atoms with Crippen LogP contribution in [0.5, 0.6) is 0 Å². The third-order valence-corrected chi connectivity index (χ3v) is 4.11. The highest BCUT2D eigenvalue weighted by molar-refractivity contribution is 5.77. The number of carbonyl (C=O) groups excluding carboxylic acids is 1. The number of nitrogens with one attached hydrogen (secondary N) is 1. The zero-order chi connectivity index (χ0) is 16.2. The van der Waals surface area contributed by atoms with E-state index in [1.807, 2.05) is 6.20 Å². The molecule has 0 atom stereocenters. The van der Waals surface area contributed by atoms with Crippen LogP contribution >= 0.6 is 0 Å². The monoisotopic (exact) mass is 304 g/mol. The number of pyridine rings is 1. The van der Waals surface area contributed by atoms with Crippen molar-refractivity contribution in [3.8, 4) is 0 Å². The van der Waals surface area contributed by atoms with E-state index in [2.05, 4.69) is 53.0 Å². The van der Waals surface area contributed by atoms with Crippen molar-refractivity contribution in [2.75, 3.05) is 39.8 Å². The van der Waals surface area contributed by atoms with Gasteiger partial charge in [0.2, 0.25) is 5.91 Å². The number of amides is 1. The number of likely N-dealkylation sites (N-methyl/N-ethyl adjacent to an activating group) is 1. The van der Waals surface area contributed by atoms with Crippen LogP contribution in [0.2, 0.25) is 0 Å². The average molecular weight is 304 g/mol. The van der Waals surface area contributed by atoms with E-state index in [9.17, 15) is 4.79 Å². The second kappa shape index (κ2) is 7.20. The molecule has 122 valence electrons. The molecule has 1 N–H and O–H groups in total. The molecule has 0 saturated carbocycles. The maximum absolute atomic E-state index is 11.4. The van der Waals surface area contributed by atoms with E-state index in [0.29, 0.717) is 6.54 Å².